The predicted octanol–water partition coefficient (Wildman–Crippen LogP) is 2.51. The molecule has 1 saturated heterocycles. The van der Waals surface area contributed by atoms with Gasteiger partial charge in [0.2, 0.25) is 0 Å². The van der Waals surface area contributed by atoms with Crippen LogP contribution in [-0.2, 0) is 16.0 Å². The first-order valence-corrected chi connectivity index (χ1v) is 8.11. The zero-order chi connectivity index (χ0) is 17.3. The lowest BCUT2D eigenvalue weighted by Gasteiger charge is -2.51. The van der Waals surface area contributed by atoms with Gasteiger partial charge >= 0.3 is 5.97 Å². The van der Waals surface area contributed by atoms with Crippen LogP contribution in [-0.4, -0.2) is 39.5 Å². The molecule has 1 aromatic rings. The second-order valence-corrected chi connectivity index (χ2v) is 7.70. The summed E-state index contributed by atoms with van der Waals surface area (Å²) in [5.74, 6) is -0.378. The van der Waals surface area contributed by atoms with E-state index < -0.39 is 17.1 Å². The van der Waals surface area contributed by atoms with Crippen LogP contribution in [0.25, 0.3) is 0 Å². The highest BCUT2D eigenvalue weighted by molar-refractivity contribution is 5.76. The standard InChI is InChI=1S/C18H28N2O3/c1-17(2)11-14(12-18(3,4)20(17)22)23-16(21)15(19)10-13-8-6-5-7-9-13/h5-9,14-15,22H,10-12,19H2,1-4H3. The second-order valence-electron chi connectivity index (χ2n) is 7.70. The zero-order valence-electron chi connectivity index (χ0n) is 14.5. The summed E-state index contributed by atoms with van der Waals surface area (Å²) in [6.07, 6.45) is 1.39. The SMILES string of the molecule is CC1(C)CC(OC(=O)C(N)Cc2ccccc2)CC(C)(C)N1O. The summed E-state index contributed by atoms with van der Waals surface area (Å²) >= 11 is 0. The van der Waals surface area contributed by atoms with Gasteiger partial charge in [0.1, 0.15) is 12.1 Å². The van der Waals surface area contributed by atoms with Crippen LogP contribution in [0.5, 0.6) is 0 Å². The van der Waals surface area contributed by atoms with Crippen LogP contribution in [0.4, 0.5) is 0 Å². The minimum Gasteiger partial charge on any atom is -0.461 e. The van der Waals surface area contributed by atoms with Gasteiger partial charge in [-0.15, -0.1) is 0 Å². The van der Waals surface area contributed by atoms with E-state index in [1.54, 1.807) is 0 Å². The Bertz CT molecular complexity index is 524. The minimum atomic E-state index is -0.671. The highest BCUT2D eigenvalue weighted by Crippen LogP contribution is 2.38. The van der Waals surface area contributed by atoms with Crippen LogP contribution < -0.4 is 5.73 Å². The molecule has 0 aromatic heterocycles. The molecule has 0 bridgehead atoms. The summed E-state index contributed by atoms with van der Waals surface area (Å²) in [5.41, 5.74) is 6.11. The van der Waals surface area contributed by atoms with Gasteiger partial charge in [-0.1, -0.05) is 30.3 Å². The van der Waals surface area contributed by atoms with E-state index in [4.69, 9.17) is 10.5 Å². The molecule has 5 heteroatoms. The van der Waals surface area contributed by atoms with Crippen LogP contribution in [0.3, 0.4) is 0 Å². The van der Waals surface area contributed by atoms with Gasteiger partial charge < -0.3 is 15.7 Å². The van der Waals surface area contributed by atoms with E-state index in [1.165, 1.54) is 5.06 Å². The predicted molar refractivity (Wildman–Crippen MR) is 89.0 cm³/mol. The first kappa shape index (κ1) is 17.9. The molecule has 0 saturated carbocycles. The summed E-state index contributed by atoms with van der Waals surface area (Å²) < 4.78 is 5.64. The van der Waals surface area contributed by atoms with Crippen molar-refractivity contribution < 1.29 is 14.7 Å². The first-order valence-electron chi connectivity index (χ1n) is 8.11. The van der Waals surface area contributed by atoms with Crippen molar-refractivity contribution >= 4 is 5.97 Å². The molecule has 1 unspecified atom stereocenters. The van der Waals surface area contributed by atoms with Crippen LogP contribution >= 0.6 is 0 Å². The summed E-state index contributed by atoms with van der Waals surface area (Å²) in [5, 5.41) is 11.7. The Morgan fingerprint density at radius 2 is 1.78 bits per heavy atom. The number of hydrogen-bond donors (Lipinski definition) is 2. The molecule has 1 aliphatic rings. The lowest BCUT2D eigenvalue weighted by molar-refractivity contribution is -0.259. The third-order valence-electron chi connectivity index (χ3n) is 4.49. The van der Waals surface area contributed by atoms with E-state index >= 15 is 0 Å². The molecule has 1 heterocycles. The highest BCUT2D eigenvalue weighted by atomic mass is 16.5. The number of nitrogens with two attached hydrogens (primary N) is 1. The number of nitrogens with zero attached hydrogens (tertiary/aromatic N) is 1. The Morgan fingerprint density at radius 3 is 2.30 bits per heavy atom. The normalized spacial score (nSPS) is 22.5. The van der Waals surface area contributed by atoms with Crippen molar-refractivity contribution in [1.82, 2.24) is 5.06 Å². The molecule has 2 rings (SSSR count). The van der Waals surface area contributed by atoms with Crippen LogP contribution in [0, 0.1) is 0 Å². The molecule has 128 valence electrons. The largest absolute Gasteiger partial charge is 0.461 e. The van der Waals surface area contributed by atoms with E-state index in [-0.39, 0.29) is 12.1 Å². The Hall–Kier alpha value is -1.43. The maximum absolute atomic E-state index is 12.3. The van der Waals surface area contributed by atoms with Crippen molar-refractivity contribution in [2.75, 3.05) is 0 Å². The number of esters is 1. The van der Waals surface area contributed by atoms with Crippen molar-refractivity contribution in [2.24, 2.45) is 5.73 Å². The Balaban J connectivity index is 1.97. The molecule has 0 amide bonds. The third kappa shape index (κ3) is 4.31. The van der Waals surface area contributed by atoms with Gasteiger partial charge in [-0.05, 0) is 39.7 Å². The Kier molecular flexibility index (Phi) is 5.14. The number of ether oxygens (including phenoxy) is 1. The fourth-order valence-electron chi connectivity index (χ4n) is 3.47. The minimum absolute atomic E-state index is 0.238. The van der Waals surface area contributed by atoms with Crippen molar-refractivity contribution in [3.63, 3.8) is 0 Å². The van der Waals surface area contributed by atoms with Gasteiger partial charge in [0, 0.05) is 23.9 Å². The maximum atomic E-state index is 12.3. The molecular weight excluding hydrogens is 292 g/mol. The molecule has 0 spiro atoms. The van der Waals surface area contributed by atoms with E-state index in [0.717, 1.165) is 5.56 Å². The van der Waals surface area contributed by atoms with E-state index in [9.17, 15) is 10.0 Å². The first-order chi connectivity index (χ1) is 10.6. The van der Waals surface area contributed by atoms with Crippen LogP contribution in [0.1, 0.15) is 46.1 Å². The number of rotatable bonds is 4. The van der Waals surface area contributed by atoms with Gasteiger partial charge in [0.05, 0.1) is 0 Å². The van der Waals surface area contributed by atoms with Gasteiger partial charge in [-0.2, -0.15) is 5.06 Å². The number of benzene rings is 1. The number of piperidine rings is 1. The van der Waals surface area contributed by atoms with Crippen molar-refractivity contribution in [3.05, 3.63) is 35.9 Å². The van der Waals surface area contributed by atoms with Gasteiger partial charge in [0.15, 0.2) is 0 Å². The summed E-state index contributed by atoms with van der Waals surface area (Å²) in [6.45, 7) is 7.77. The van der Waals surface area contributed by atoms with Gasteiger partial charge in [0.25, 0.3) is 0 Å². The fourth-order valence-corrected chi connectivity index (χ4v) is 3.47. The van der Waals surface area contributed by atoms with Crippen molar-refractivity contribution in [2.45, 2.75) is 70.2 Å². The smallest absolute Gasteiger partial charge is 0.323 e. The van der Waals surface area contributed by atoms with Crippen molar-refractivity contribution in [1.29, 1.82) is 0 Å². The monoisotopic (exact) mass is 320 g/mol. The van der Waals surface area contributed by atoms with Crippen LogP contribution in [0.2, 0.25) is 0 Å². The maximum Gasteiger partial charge on any atom is 0.323 e. The van der Waals surface area contributed by atoms with Crippen LogP contribution in [0.15, 0.2) is 30.3 Å². The van der Waals surface area contributed by atoms with Gasteiger partial charge in [-0.25, -0.2) is 0 Å². The molecular formula is C18H28N2O3. The topological polar surface area (TPSA) is 75.8 Å². The average molecular weight is 320 g/mol. The summed E-state index contributed by atoms with van der Waals surface area (Å²) in [6, 6.07) is 9.01. The molecule has 1 atom stereocenters. The molecule has 5 nitrogen and oxygen atoms in total. The molecule has 3 N–H and O–H groups in total. The van der Waals surface area contributed by atoms with E-state index in [0.29, 0.717) is 19.3 Å². The zero-order valence-corrected chi connectivity index (χ0v) is 14.5. The van der Waals surface area contributed by atoms with Gasteiger partial charge in [-0.3, -0.25) is 4.79 Å². The summed E-state index contributed by atoms with van der Waals surface area (Å²) in [4.78, 5) is 12.3. The number of carbonyl (C=O) groups excluding carboxylic acids is 1. The Labute approximate surface area is 138 Å². The molecule has 23 heavy (non-hydrogen) atoms. The molecule has 1 fully saturated rings. The lowest BCUT2D eigenvalue weighted by Crippen LogP contribution is -2.61. The average Bonchev–Trinajstić information content (AvgIpc) is 2.45. The third-order valence-corrected chi connectivity index (χ3v) is 4.49. The molecule has 1 aliphatic heterocycles. The number of hydroxylamine groups is 2. The Morgan fingerprint density at radius 1 is 1.26 bits per heavy atom. The quantitative estimate of drug-likeness (QED) is 0.834. The highest BCUT2D eigenvalue weighted by Gasteiger charge is 2.46. The van der Waals surface area contributed by atoms with Crippen molar-refractivity contribution in [3.8, 4) is 0 Å². The summed E-state index contributed by atoms with van der Waals surface area (Å²) in [7, 11) is 0. The second kappa shape index (κ2) is 6.59. The number of hydrogen-bond acceptors (Lipinski definition) is 5. The molecule has 0 radical (unpaired) electrons. The fraction of sp³-hybridized carbons (Fsp3) is 0.611. The molecule has 1 aromatic carbocycles. The van der Waals surface area contributed by atoms with E-state index in [2.05, 4.69) is 0 Å². The lowest BCUT2D eigenvalue weighted by atomic mass is 9.80. The van der Waals surface area contributed by atoms with E-state index in [1.807, 2.05) is 58.0 Å². The number of carbonyl (C=O) groups is 1. The molecule has 0 aliphatic carbocycles.